The fraction of sp³-hybridized carbons (Fsp3) is 0.238. The number of nitrogens with one attached hydrogen (secondary N) is 2. The van der Waals surface area contributed by atoms with E-state index in [4.69, 9.17) is 0 Å². The van der Waals surface area contributed by atoms with Gasteiger partial charge in [0.1, 0.15) is 5.75 Å². The summed E-state index contributed by atoms with van der Waals surface area (Å²) in [5, 5.41) is 18.7. The molecule has 1 unspecified atom stereocenters. The third-order valence-electron chi connectivity index (χ3n) is 4.24. The maximum Gasteiger partial charge on any atom is 0.573 e. The van der Waals surface area contributed by atoms with Crippen LogP contribution in [0.5, 0.6) is 5.75 Å². The third-order valence-corrected chi connectivity index (χ3v) is 5.46. The topological polar surface area (TPSA) is 88.4 Å². The number of carbonyl (C=O) groups excluding carboxylic acids is 1. The number of anilines is 2. The number of carbonyl (C=O) groups is 1. The first kappa shape index (κ1) is 26.2. The number of aliphatic hydroxyl groups is 1. The molecular formula is C21H18F6N4O3S. The van der Waals surface area contributed by atoms with Gasteiger partial charge in [0.05, 0.1) is 18.3 Å². The van der Waals surface area contributed by atoms with Gasteiger partial charge in [-0.1, -0.05) is 12.1 Å². The molecule has 0 fully saturated rings. The lowest BCUT2D eigenvalue weighted by atomic mass is 10.3. The van der Waals surface area contributed by atoms with Crippen LogP contribution in [0.15, 0.2) is 65.7 Å². The molecule has 188 valence electrons. The number of ether oxygens (including phenoxy) is 1. The Kier molecular flexibility index (Phi) is 8.17. The molecule has 0 aliphatic carbocycles. The number of hydrogen-bond acceptors (Lipinski definition) is 5. The van der Waals surface area contributed by atoms with Gasteiger partial charge in [0.25, 0.3) is 0 Å². The first-order valence-corrected chi connectivity index (χ1v) is 10.8. The molecule has 1 aromatic heterocycles. The summed E-state index contributed by atoms with van der Waals surface area (Å²) < 4.78 is 79.4. The number of halogens is 6. The average molecular weight is 520 g/mol. The van der Waals surface area contributed by atoms with Gasteiger partial charge in [-0.2, -0.15) is 18.3 Å². The standard InChI is InChI=1S/C21H18F6N4O3S/c22-20(23,24)18-9-10-31(30-18)11-14(32)12-35-17-4-2-1-3-16(17)29-19(33)28-13-5-7-15(8-6-13)34-21(25,26)27/h1-10,14,32H,11-12H2,(H2,28,29,33). The molecule has 7 nitrogen and oxygen atoms in total. The smallest absolute Gasteiger partial charge is 0.406 e. The molecule has 0 saturated heterocycles. The van der Waals surface area contributed by atoms with E-state index in [0.29, 0.717) is 10.6 Å². The molecule has 2 amide bonds. The molecule has 1 heterocycles. The van der Waals surface area contributed by atoms with Crippen molar-refractivity contribution in [2.75, 3.05) is 16.4 Å². The van der Waals surface area contributed by atoms with Crippen LogP contribution >= 0.6 is 11.8 Å². The van der Waals surface area contributed by atoms with E-state index in [2.05, 4.69) is 20.5 Å². The lowest BCUT2D eigenvalue weighted by molar-refractivity contribution is -0.274. The van der Waals surface area contributed by atoms with Crippen LogP contribution in [0.2, 0.25) is 0 Å². The van der Waals surface area contributed by atoms with Gasteiger partial charge in [-0.15, -0.1) is 24.9 Å². The Morgan fingerprint density at radius 2 is 1.71 bits per heavy atom. The maximum absolute atomic E-state index is 12.6. The Hall–Kier alpha value is -3.39. The molecule has 3 N–H and O–H groups in total. The fourth-order valence-corrected chi connectivity index (χ4v) is 3.72. The van der Waals surface area contributed by atoms with Crippen LogP contribution in [0.1, 0.15) is 5.69 Å². The number of alkyl halides is 6. The zero-order valence-corrected chi connectivity index (χ0v) is 18.4. The van der Waals surface area contributed by atoms with Crippen molar-refractivity contribution in [2.45, 2.75) is 30.1 Å². The van der Waals surface area contributed by atoms with Gasteiger partial charge in [0, 0.05) is 22.5 Å². The van der Waals surface area contributed by atoms with Crippen molar-refractivity contribution in [1.82, 2.24) is 9.78 Å². The SMILES string of the molecule is O=C(Nc1ccc(OC(F)(F)F)cc1)Nc1ccccc1SCC(O)Cn1ccc(C(F)(F)F)n1. The van der Waals surface area contributed by atoms with Crippen LogP contribution in [-0.2, 0) is 12.7 Å². The number of hydrogen-bond donors (Lipinski definition) is 3. The van der Waals surface area contributed by atoms with Crippen LogP contribution < -0.4 is 15.4 Å². The van der Waals surface area contributed by atoms with Crippen molar-refractivity contribution in [2.24, 2.45) is 0 Å². The van der Waals surface area contributed by atoms with E-state index in [-0.39, 0.29) is 18.0 Å². The van der Waals surface area contributed by atoms with Gasteiger partial charge in [0.15, 0.2) is 5.69 Å². The van der Waals surface area contributed by atoms with Gasteiger partial charge in [-0.05, 0) is 42.5 Å². The van der Waals surface area contributed by atoms with Gasteiger partial charge < -0.3 is 20.5 Å². The van der Waals surface area contributed by atoms with E-state index in [1.165, 1.54) is 12.1 Å². The first-order valence-electron chi connectivity index (χ1n) is 9.83. The number of aromatic nitrogens is 2. The lowest BCUT2D eigenvalue weighted by Crippen LogP contribution is -2.21. The Labute approximate surface area is 199 Å². The van der Waals surface area contributed by atoms with Gasteiger partial charge >= 0.3 is 18.6 Å². The van der Waals surface area contributed by atoms with Crippen molar-refractivity contribution in [3.8, 4) is 5.75 Å². The molecule has 3 aromatic rings. The summed E-state index contributed by atoms with van der Waals surface area (Å²) >= 11 is 1.16. The maximum atomic E-state index is 12.6. The summed E-state index contributed by atoms with van der Waals surface area (Å²) in [4.78, 5) is 12.9. The normalized spacial score (nSPS) is 12.8. The average Bonchev–Trinajstić information content (AvgIpc) is 3.22. The monoisotopic (exact) mass is 520 g/mol. The first-order chi connectivity index (χ1) is 16.4. The zero-order chi connectivity index (χ0) is 25.6. The van der Waals surface area contributed by atoms with Crippen LogP contribution in [0, 0.1) is 0 Å². The number of amides is 2. The van der Waals surface area contributed by atoms with Crippen LogP contribution in [0.4, 0.5) is 42.5 Å². The highest BCUT2D eigenvalue weighted by atomic mass is 32.2. The molecule has 0 spiro atoms. The second-order valence-corrected chi connectivity index (χ2v) is 8.09. The van der Waals surface area contributed by atoms with E-state index in [9.17, 15) is 36.2 Å². The largest absolute Gasteiger partial charge is 0.573 e. The van der Waals surface area contributed by atoms with E-state index < -0.39 is 36.1 Å². The third kappa shape index (κ3) is 8.40. The van der Waals surface area contributed by atoms with E-state index in [1.54, 1.807) is 24.3 Å². The molecule has 3 rings (SSSR count). The Bertz CT molecular complexity index is 1140. The molecular weight excluding hydrogens is 502 g/mol. The van der Waals surface area contributed by atoms with Gasteiger partial charge in [0.2, 0.25) is 0 Å². The number of urea groups is 1. The summed E-state index contributed by atoms with van der Waals surface area (Å²) in [6.07, 6.45) is -9.31. The van der Waals surface area contributed by atoms with Crippen molar-refractivity contribution >= 4 is 29.2 Å². The van der Waals surface area contributed by atoms with E-state index in [1.807, 2.05) is 0 Å². The minimum Gasteiger partial charge on any atom is -0.406 e. The minimum atomic E-state index is -4.83. The highest BCUT2D eigenvalue weighted by Gasteiger charge is 2.33. The molecule has 0 aliphatic heterocycles. The van der Waals surface area contributed by atoms with Crippen LogP contribution in [-0.4, -0.2) is 39.1 Å². The number of para-hydroxylation sites is 1. The predicted molar refractivity (Wildman–Crippen MR) is 116 cm³/mol. The Morgan fingerprint density at radius 1 is 1.03 bits per heavy atom. The summed E-state index contributed by atoms with van der Waals surface area (Å²) in [5.41, 5.74) is -0.451. The van der Waals surface area contributed by atoms with E-state index in [0.717, 1.165) is 40.8 Å². The molecule has 0 bridgehead atoms. The minimum absolute atomic E-state index is 0.0994. The molecule has 0 radical (unpaired) electrons. The highest BCUT2D eigenvalue weighted by Crippen LogP contribution is 2.29. The molecule has 14 heteroatoms. The molecule has 1 atom stereocenters. The highest BCUT2D eigenvalue weighted by molar-refractivity contribution is 7.99. The van der Waals surface area contributed by atoms with Gasteiger partial charge in [-0.3, -0.25) is 4.68 Å². The molecule has 35 heavy (non-hydrogen) atoms. The number of thioether (sulfide) groups is 1. The number of rotatable bonds is 8. The van der Waals surface area contributed by atoms with Crippen LogP contribution in [0.3, 0.4) is 0 Å². The number of nitrogens with zero attached hydrogens (tertiary/aromatic N) is 2. The van der Waals surface area contributed by atoms with Crippen LogP contribution in [0.25, 0.3) is 0 Å². The Balaban J connectivity index is 1.54. The lowest BCUT2D eigenvalue weighted by Gasteiger charge is -2.14. The summed E-state index contributed by atoms with van der Waals surface area (Å²) in [6.45, 7) is -0.160. The summed E-state index contributed by atoms with van der Waals surface area (Å²) in [7, 11) is 0. The van der Waals surface area contributed by atoms with Crippen molar-refractivity contribution in [3.63, 3.8) is 0 Å². The molecule has 2 aromatic carbocycles. The van der Waals surface area contributed by atoms with Gasteiger partial charge in [-0.25, -0.2) is 4.79 Å². The second-order valence-electron chi connectivity index (χ2n) is 7.03. The molecule has 0 aliphatic rings. The fourth-order valence-electron chi connectivity index (χ4n) is 2.79. The zero-order valence-electron chi connectivity index (χ0n) is 17.6. The quantitative estimate of drug-likeness (QED) is 0.266. The number of aliphatic hydroxyl groups excluding tert-OH is 1. The summed E-state index contributed by atoms with van der Waals surface area (Å²) in [5.74, 6) is -0.337. The van der Waals surface area contributed by atoms with Crippen molar-refractivity contribution in [3.05, 3.63) is 66.5 Å². The second kappa shape index (κ2) is 10.9. The number of benzene rings is 2. The Morgan fingerprint density at radius 3 is 2.34 bits per heavy atom. The van der Waals surface area contributed by atoms with Crippen molar-refractivity contribution in [1.29, 1.82) is 0 Å². The van der Waals surface area contributed by atoms with Crippen molar-refractivity contribution < 1.29 is 41.0 Å². The van der Waals surface area contributed by atoms with E-state index >= 15 is 0 Å². The predicted octanol–water partition coefficient (Wildman–Crippen LogP) is 5.60. The summed E-state index contributed by atoms with van der Waals surface area (Å²) in [6, 6.07) is 11.3. The molecule has 0 saturated carbocycles.